The van der Waals surface area contributed by atoms with E-state index in [1.165, 1.54) is 25.3 Å². The molecule has 0 atom stereocenters. The molecular formula is C12H12O5. The molecule has 0 saturated carbocycles. The molecule has 1 aromatic carbocycles. The number of ether oxygens (including phenoxy) is 1. The molecule has 0 aliphatic carbocycles. The maximum absolute atomic E-state index is 11.2. The number of aromatic hydroxyl groups is 1. The van der Waals surface area contributed by atoms with Crippen LogP contribution in [-0.4, -0.2) is 29.3 Å². The molecule has 0 aromatic heterocycles. The number of benzene rings is 1. The predicted octanol–water partition coefficient (Wildman–Crippen LogP) is 1.67. The Morgan fingerprint density at radius 1 is 1.41 bits per heavy atom. The van der Waals surface area contributed by atoms with Crippen molar-refractivity contribution in [3.8, 4) is 5.75 Å². The summed E-state index contributed by atoms with van der Waals surface area (Å²) in [7, 11) is 1.22. The molecule has 0 bridgehead atoms. The van der Waals surface area contributed by atoms with E-state index in [4.69, 9.17) is 5.11 Å². The van der Waals surface area contributed by atoms with Crippen LogP contribution in [0.5, 0.6) is 5.75 Å². The number of hydrogen-bond acceptors (Lipinski definition) is 4. The molecule has 0 heterocycles. The fraction of sp³-hybridized carbons (Fsp3) is 0.167. The Balaban J connectivity index is 2.85. The lowest BCUT2D eigenvalue weighted by atomic mass is 10.1. The van der Waals surface area contributed by atoms with Gasteiger partial charge in [0.15, 0.2) is 0 Å². The fourth-order valence-electron chi connectivity index (χ4n) is 1.23. The highest BCUT2D eigenvalue weighted by molar-refractivity contribution is 5.92. The number of phenols is 1. The number of hydrogen-bond donors (Lipinski definition) is 2. The number of rotatable bonds is 4. The van der Waals surface area contributed by atoms with Crippen LogP contribution in [0.4, 0.5) is 0 Å². The van der Waals surface area contributed by atoms with Crippen LogP contribution in [0.2, 0.25) is 0 Å². The van der Waals surface area contributed by atoms with E-state index < -0.39 is 11.9 Å². The first-order chi connectivity index (χ1) is 8.04. The van der Waals surface area contributed by atoms with Gasteiger partial charge in [0.1, 0.15) is 11.3 Å². The second-order valence-electron chi connectivity index (χ2n) is 3.27. The van der Waals surface area contributed by atoms with Crippen molar-refractivity contribution in [3.05, 3.63) is 35.4 Å². The summed E-state index contributed by atoms with van der Waals surface area (Å²) in [5.74, 6) is -1.76. The Morgan fingerprint density at radius 3 is 2.65 bits per heavy atom. The Morgan fingerprint density at radius 2 is 2.12 bits per heavy atom. The number of carboxylic acids is 1. The third-order valence-electron chi connectivity index (χ3n) is 2.03. The van der Waals surface area contributed by atoms with E-state index >= 15 is 0 Å². The summed E-state index contributed by atoms with van der Waals surface area (Å²) in [6, 6.07) is 4.37. The second kappa shape index (κ2) is 5.69. The second-order valence-corrected chi connectivity index (χ2v) is 3.27. The van der Waals surface area contributed by atoms with Crippen LogP contribution in [0, 0.1) is 0 Å². The third-order valence-corrected chi connectivity index (χ3v) is 2.03. The van der Waals surface area contributed by atoms with Crippen LogP contribution in [0.3, 0.4) is 0 Å². The van der Waals surface area contributed by atoms with E-state index in [1.807, 2.05) is 0 Å². The number of esters is 1. The minimum atomic E-state index is -0.934. The molecule has 17 heavy (non-hydrogen) atoms. The Bertz CT molecular complexity index is 462. The minimum Gasteiger partial charge on any atom is -0.507 e. The molecule has 0 amide bonds. The van der Waals surface area contributed by atoms with Gasteiger partial charge >= 0.3 is 11.9 Å². The van der Waals surface area contributed by atoms with Crippen LogP contribution in [0.25, 0.3) is 6.08 Å². The van der Waals surface area contributed by atoms with E-state index in [-0.39, 0.29) is 17.7 Å². The number of carbonyl (C=O) groups is 2. The molecular weight excluding hydrogens is 224 g/mol. The Kier molecular flexibility index (Phi) is 4.28. The van der Waals surface area contributed by atoms with Crippen molar-refractivity contribution < 1.29 is 24.5 Å². The summed E-state index contributed by atoms with van der Waals surface area (Å²) >= 11 is 0. The van der Waals surface area contributed by atoms with Crippen molar-refractivity contribution in [1.29, 1.82) is 0 Å². The van der Waals surface area contributed by atoms with E-state index in [1.54, 1.807) is 12.1 Å². The van der Waals surface area contributed by atoms with E-state index in [0.29, 0.717) is 5.56 Å². The molecule has 0 unspecified atom stereocenters. The van der Waals surface area contributed by atoms with Crippen molar-refractivity contribution >= 4 is 18.0 Å². The maximum atomic E-state index is 11.2. The smallest absolute Gasteiger partial charge is 0.341 e. The third kappa shape index (κ3) is 3.64. The summed E-state index contributed by atoms with van der Waals surface area (Å²) in [4.78, 5) is 21.4. The highest BCUT2D eigenvalue weighted by Crippen LogP contribution is 2.20. The Labute approximate surface area is 98.0 Å². The number of carboxylic acid groups (broad SMARTS) is 1. The van der Waals surface area contributed by atoms with Crippen molar-refractivity contribution in [2.24, 2.45) is 0 Å². The summed E-state index contributed by atoms with van der Waals surface area (Å²) in [5.41, 5.74) is 0.680. The topological polar surface area (TPSA) is 83.8 Å². The quantitative estimate of drug-likeness (QED) is 0.777. The lowest BCUT2D eigenvalue weighted by Gasteiger charge is -2.03. The minimum absolute atomic E-state index is 0.0721. The van der Waals surface area contributed by atoms with Gasteiger partial charge < -0.3 is 14.9 Å². The summed E-state index contributed by atoms with van der Waals surface area (Å²) in [6.45, 7) is 0. The highest BCUT2D eigenvalue weighted by atomic mass is 16.5. The van der Waals surface area contributed by atoms with Gasteiger partial charge in [-0.25, -0.2) is 4.79 Å². The first-order valence-corrected chi connectivity index (χ1v) is 4.84. The molecule has 1 aromatic rings. The maximum Gasteiger partial charge on any atom is 0.341 e. The summed E-state index contributed by atoms with van der Waals surface area (Å²) < 4.78 is 4.47. The lowest BCUT2D eigenvalue weighted by Crippen LogP contribution is -2.01. The summed E-state index contributed by atoms with van der Waals surface area (Å²) in [5, 5.41) is 18.0. The molecule has 0 saturated heterocycles. The van der Waals surface area contributed by atoms with Crippen LogP contribution in [0.15, 0.2) is 24.3 Å². The fourth-order valence-corrected chi connectivity index (χ4v) is 1.23. The average molecular weight is 236 g/mol. The molecule has 1 rings (SSSR count). The zero-order chi connectivity index (χ0) is 12.8. The monoisotopic (exact) mass is 236 g/mol. The molecule has 5 heteroatoms. The predicted molar refractivity (Wildman–Crippen MR) is 60.7 cm³/mol. The Hall–Kier alpha value is -2.30. The standard InChI is InChI=1S/C12H12O5/c1-17-12(16)9-6-5-8(7-10(9)13)3-2-4-11(14)15/h2-3,5-7,13H,4H2,1H3,(H,14,15). The molecule has 0 aliphatic heterocycles. The van der Waals surface area contributed by atoms with Gasteiger partial charge in [-0.3, -0.25) is 4.79 Å². The lowest BCUT2D eigenvalue weighted by molar-refractivity contribution is -0.135. The van der Waals surface area contributed by atoms with Crippen molar-refractivity contribution in [2.45, 2.75) is 6.42 Å². The van der Waals surface area contributed by atoms with E-state index in [9.17, 15) is 14.7 Å². The van der Waals surface area contributed by atoms with Crippen LogP contribution in [0.1, 0.15) is 22.3 Å². The zero-order valence-corrected chi connectivity index (χ0v) is 9.21. The molecule has 0 radical (unpaired) electrons. The van der Waals surface area contributed by atoms with Gasteiger partial charge in [0.25, 0.3) is 0 Å². The molecule has 90 valence electrons. The van der Waals surface area contributed by atoms with Gasteiger partial charge in [-0.2, -0.15) is 0 Å². The van der Waals surface area contributed by atoms with Crippen LogP contribution >= 0.6 is 0 Å². The SMILES string of the molecule is COC(=O)c1ccc(C=CCC(=O)O)cc1O. The van der Waals surface area contributed by atoms with E-state index in [2.05, 4.69) is 4.74 Å². The number of phenolic OH excluding ortho intramolecular Hbond substituents is 1. The first-order valence-electron chi connectivity index (χ1n) is 4.84. The van der Waals surface area contributed by atoms with Crippen molar-refractivity contribution in [1.82, 2.24) is 0 Å². The van der Waals surface area contributed by atoms with Crippen molar-refractivity contribution in [2.75, 3.05) is 7.11 Å². The van der Waals surface area contributed by atoms with Crippen LogP contribution in [-0.2, 0) is 9.53 Å². The molecule has 2 N–H and O–H groups in total. The number of methoxy groups -OCH3 is 1. The number of aliphatic carboxylic acids is 1. The highest BCUT2D eigenvalue weighted by Gasteiger charge is 2.10. The molecule has 0 spiro atoms. The van der Waals surface area contributed by atoms with Crippen LogP contribution < -0.4 is 0 Å². The largest absolute Gasteiger partial charge is 0.507 e. The van der Waals surface area contributed by atoms with Gasteiger partial charge in [-0.1, -0.05) is 18.2 Å². The van der Waals surface area contributed by atoms with E-state index in [0.717, 1.165) is 0 Å². The van der Waals surface area contributed by atoms with Crippen molar-refractivity contribution in [3.63, 3.8) is 0 Å². The van der Waals surface area contributed by atoms with Gasteiger partial charge in [-0.15, -0.1) is 0 Å². The zero-order valence-electron chi connectivity index (χ0n) is 9.21. The summed E-state index contributed by atoms with van der Waals surface area (Å²) in [6.07, 6.45) is 2.91. The van der Waals surface area contributed by atoms with Gasteiger partial charge in [-0.05, 0) is 17.7 Å². The average Bonchev–Trinajstić information content (AvgIpc) is 2.28. The molecule has 0 fully saturated rings. The normalized spacial score (nSPS) is 10.4. The number of carbonyl (C=O) groups excluding carboxylic acids is 1. The van der Waals surface area contributed by atoms with Gasteiger partial charge in [0, 0.05) is 0 Å². The molecule has 5 nitrogen and oxygen atoms in total. The van der Waals surface area contributed by atoms with Gasteiger partial charge in [0.05, 0.1) is 13.5 Å². The van der Waals surface area contributed by atoms with Gasteiger partial charge in [0.2, 0.25) is 0 Å². The molecule has 0 aliphatic rings. The first kappa shape index (κ1) is 12.8.